The number of benzene rings is 2. The monoisotopic (exact) mass is 439 g/mol. The summed E-state index contributed by atoms with van der Waals surface area (Å²) >= 11 is 0. The summed E-state index contributed by atoms with van der Waals surface area (Å²) in [5.41, 5.74) is 0.812. The fourth-order valence-corrected chi connectivity index (χ4v) is 4.68. The first-order chi connectivity index (χ1) is 15.0. The van der Waals surface area contributed by atoms with E-state index in [-0.39, 0.29) is 28.1 Å². The summed E-state index contributed by atoms with van der Waals surface area (Å²) in [4.78, 5) is 17.2. The van der Waals surface area contributed by atoms with Crippen LogP contribution in [0.25, 0.3) is 10.9 Å². The summed E-state index contributed by atoms with van der Waals surface area (Å²) in [6, 6.07) is 13.5. The molecule has 2 N–H and O–H groups in total. The maximum absolute atomic E-state index is 13.2. The molecule has 1 aliphatic rings. The molecule has 0 saturated heterocycles. The molecule has 0 bridgehead atoms. The topological polar surface area (TPSA) is 97.4 Å². The molecule has 1 amide bonds. The molecule has 2 aromatic carbocycles. The van der Waals surface area contributed by atoms with Gasteiger partial charge in [-0.15, -0.1) is 0 Å². The second-order valence-corrected chi connectivity index (χ2v) is 9.24. The van der Waals surface area contributed by atoms with Crippen LogP contribution in [0.15, 0.2) is 59.6 Å². The van der Waals surface area contributed by atoms with E-state index < -0.39 is 10.0 Å². The van der Waals surface area contributed by atoms with Crippen molar-refractivity contribution in [1.29, 1.82) is 0 Å². The Balaban J connectivity index is 1.69. The summed E-state index contributed by atoms with van der Waals surface area (Å²) < 4.78 is 34.7. The van der Waals surface area contributed by atoms with Gasteiger partial charge in [0.05, 0.1) is 23.4 Å². The molecule has 0 unspecified atom stereocenters. The average Bonchev–Trinajstić information content (AvgIpc) is 2.74. The largest absolute Gasteiger partial charge is 0.494 e. The Hall–Kier alpha value is -3.13. The van der Waals surface area contributed by atoms with Crippen LogP contribution in [0.3, 0.4) is 0 Å². The van der Waals surface area contributed by atoms with Gasteiger partial charge in [-0.1, -0.05) is 25.1 Å². The molecule has 4 rings (SSSR count). The van der Waals surface area contributed by atoms with Crippen LogP contribution < -0.4 is 14.8 Å². The molecule has 0 spiro atoms. The number of anilines is 1. The summed E-state index contributed by atoms with van der Waals surface area (Å²) in [7, 11) is -3.98. The van der Waals surface area contributed by atoms with Crippen LogP contribution >= 0.6 is 0 Å². The number of hydrogen-bond acceptors (Lipinski definition) is 5. The van der Waals surface area contributed by atoms with Crippen LogP contribution in [0.4, 0.5) is 5.69 Å². The number of para-hydroxylation sites is 1. The van der Waals surface area contributed by atoms with Gasteiger partial charge in [-0.25, -0.2) is 8.42 Å². The Kier molecular flexibility index (Phi) is 6.08. The Labute approximate surface area is 181 Å². The summed E-state index contributed by atoms with van der Waals surface area (Å²) in [6.07, 6.45) is 5.32. The number of nitrogens with zero attached hydrogens (tertiary/aromatic N) is 1. The zero-order chi connectivity index (χ0) is 21.8. The summed E-state index contributed by atoms with van der Waals surface area (Å²) in [6.45, 7) is 2.50. The van der Waals surface area contributed by atoms with Gasteiger partial charge in [-0.3, -0.25) is 14.5 Å². The molecule has 7 nitrogen and oxygen atoms in total. The highest BCUT2D eigenvalue weighted by Gasteiger charge is 2.25. The average molecular weight is 440 g/mol. The van der Waals surface area contributed by atoms with Crippen LogP contribution in [-0.4, -0.2) is 32.0 Å². The van der Waals surface area contributed by atoms with Gasteiger partial charge in [0.25, 0.3) is 15.9 Å². The number of hydrogen-bond donors (Lipinski definition) is 2. The molecule has 1 fully saturated rings. The molecule has 1 heterocycles. The van der Waals surface area contributed by atoms with Gasteiger partial charge >= 0.3 is 0 Å². The van der Waals surface area contributed by atoms with Crippen LogP contribution in [0.5, 0.6) is 5.75 Å². The highest BCUT2D eigenvalue weighted by atomic mass is 32.2. The molecular formula is C23H25N3O4S. The first kappa shape index (κ1) is 21.1. The normalized spacial score (nSPS) is 14.1. The van der Waals surface area contributed by atoms with Crippen molar-refractivity contribution in [1.82, 2.24) is 10.3 Å². The minimum Gasteiger partial charge on any atom is -0.494 e. The van der Waals surface area contributed by atoms with Gasteiger partial charge in [-0.05, 0) is 56.0 Å². The number of ether oxygens (including phenoxy) is 1. The van der Waals surface area contributed by atoms with E-state index >= 15 is 0 Å². The Morgan fingerprint density at radius 2 is 1.97 bits per heavy atom. The molecule has 1 aliphatic carbocycles. The Bertz CT molecular complexity index is 1200. The van der Waals surface area contributed by atoms with Crippen molar-refractivity contribution >= 4 is 32.5 Å². The van der Waals surface area contributed by atoms with Crippen LogP contribution in [0, 0.1) is 0 Å². The van der Waals surface area contributed by atoms with Crippen LogP contribution in [0.2, 0.25) is 0 Å². The van der Waals surface area contributed by atoms with Crippen LogP contribution in [0.1, 0.15) is 43.0 Å². The molecule has 8 heteroatoms. The molecule has 0 aliphatic heterocycles. The van der Waals surface area contributed by atoms with Gasteiger partial charge in [0, 0.05) is 17.6 Å². The van der Waals surface area contributed by atoms with E-state index in [4.69, 9.17) is 4.74 Å². The number of rotatable bonds is 8. The molecule has 3 aromatic rings. The Morgan fingerprint density at radius 3 is 2.71 bits per heavy atom. The first-order valence-corrected chi connectivity index (χ1v) is 11.9. The lowest BCUT2D eigenvalue weighted by Gasteiger charge is -2.27. The number of aromatic nitrogens is 1. The molecule has 31 heavy (non-hydrogen) atoms. The zero-order valence-electron chi connectivity index (χ0n) is 17.3. The summed E-state index contributed by atoms with van der Waals surface area (Å²) in [5, 5.41) is 3.69. The predicted molar refractivity (Wildman–Crippen MR) is 120 cm³/mol. The smallest absolute Gasteiger partial charge is 0.264 e. The van der Waals surface area contributed by atoms with Crippen molar-refractivity contribution in [3.8, 4) is 5.75 Å². The van der Waals surface area contributed by atoms with E-state index in [1.54, 1.807) is 48.7 Å². The molecule has 1 aromatic heterocycles. The van der Waals surface area contributed by atoms with E-state index in [1.807, 2.05) is 6.92 Å². The van der Waals surface area contributed by atoms with Crippen molar-refractivity contribution < 1.29 is 17.9 Å². The molecular weight excluding hydrogens is 414 g/mol. The molecule has 0 atom stereocenters. The number of fused-ring (bicyclic) bond motifs is 1. The zero-order valence-corrected chi connectivity index (χ0v) is 18.1. The van der Waals surface area contributed by atoms with E-state index in [2.05, 4.69) is 15.0 Å². The maximum Gasteiger partial charge on any atom is 0.264 e. The first-order valence-electron chi connectivity index (χ1n) is 10.4. The summed E-state index contributed by atoms with van der Waals surface area (Å²) in [5.74, 6) is 0.204. The number of nitrogens with one attached hydrogen (secondary N) is 2. The van der Waals surface area contributed by atoms with Gasteiger partial charge in [0.15, 0.2) is 0 Å². The fourth-order valence-electron chi connectivity index (χ4n) is 3.42. The second kappa shape index (κ2) is 8.93. The SMILES string of the molecule is CCCOc1ccc(NS(=O)(=O)c2cccc3cccnc23)c(C(=O)NC2CCC2)c1. The fraction of sp³-hybridized carbons (Fsp3) is 0.304. The number of carbonyl (C=O) groups is 1. The van der Waals surface area contributed by atoms with Crippen molar-refractivity contribution in [3.63, 3.8) is 0 Å². The lowest BCUT2D eigenvalue weighted by molar-refractivity contribution is 0.0917. The minimum absolute atomic E-state index is 0.0576. The highest BCUT2D eigenvalue weighted by Crippen LogP contribution is 2.28. The van der Waals surface area contributed by atoms with Gasteiger partial charge in [0.2, 0.25) is 0 Å². The van der Waals surface area contributed by atoms with Crippen molar-refractivity contribution in [3.05, 3.63) is 60.3 Å². The predicted octanol–water partition coefficient (Wildman–Crippen LogP) is 4.11. The third kappa shape index (κ3) is 4.64. The lowest BCUT2D eigenvalue weighted by Crippen LogP contribution is -2.39. The van der Waals surface area contributed by atoms with E-state index in [9.17, 15) is 13.2 Å². The van der Waals surface area contributed by atoms with E-state index in [1.165, 1.54) is 6.07 Å². The van der Waals surface area contributed by atoms with Crippen LogP contribution in [-0.2, 0) is 10.0 Å². The quantitative estimate of drug-likeness (QED) is 0.551. The van der Waals surface area contributed by atoms with Crippen molar-refractivity contribution in [2.75, 3.05) is 11.3 Å². The number of sulfonamides is 1. The van der Waals surface area contributed by atoms with E-state index in [0.29, 0.717) is 17.9 Å². The van der Waals surface area contributed by atoms with Crippen molar-refractivity contribution in [2.24, 2.45) is 0 Å². The third-order valence-corrected chi connectivity index (χ3v) is 6.68. The second-order valence-electron chi connectivity index (χ2n) is 7.59. The number of pyridine rings is 1. The standard InChI is InChI=1S/C23H25N3O4S/c1-2-14-30-18-11-12-20(19(15-18)23(27)25-17-8-4-9-17)26-31(28,29)21-10-3-6-16-7-5-13-24-22(16)21/h3,5-7,10-13,15,17,26H,2,4,8-9,14H2,1H3,(H,25,27). The van der Waals surface area contributed by atoms with Gasteiger partial charge < -0.3 is 10.1 Å². The highest BCUT2D eigenvalue weighted by molar-refractivity contribution is 7.93. The molecule has 162 valence electrons. The third-order valence-electron chi connectivity index (χ3n) is 5.28. The lowest BCUT2D eigenvalue weighted by atomic mass is 9.93. The van der Waals surface area contributed by atoms with Gasteiger partial charge in [-0.2, -0.15) is 0 Å². The molecule has 0 radical (unpaired) electrons. The van der Waals surface area contributed by atoms with E-state index in [0.717, 1.165) is 31.1 Å². The Morgan fingerprint density at radius 1 is 1.16 bits per heavy atom. The van der Waals surface area contributed by atoms with Gasteiger partial charge in [0.1, 0.15) is 10.6 Å². The number of carbonyl (C=O) groups excluding carboxylic acids is 1. The molecule has 1 saturated carbocycles. The van der Waals surface area contributed by atoms with Crippen molar-refractivity contribution in [2.45, 2.75) is 43.5 Å². The maximum atomic E-state index is 13.2. The number of amides is 1. The minimum atomic E-state index is -3.98.